The Morgan fingerprint density at radius 1 is 1.25 bits per heavy atom. The Kier molecular flexibility index (Phi) is 5.56. The van der Waals surface area contributed by atoms with Crippen molar-refractivity contribution >= 4 is 33.4 Å². The molecule has 4 heteroatoms. The first-order valence-corrected chi connectivity index (χ1v) is 8.02. The number of hydrogen-bond donors (Lipinski definition) is 2. The third kappa shape index (κ3) is 4.05. The number of benzene rings is 2. The highest BCUT2D eigenvalue weighted by Gasteiger charge is 2.03. The topological polar surface area (TPSA) is 32.3 Å². The first kappa shape index (κ1) is 15.0. The Morgan fingerprint density at radius 2 is 2.05 bits per heavy atom. The van der Waals surface area contributed by atoms with Gasteiger partial charge >= 0.3 is 0 Å². The molecule has 0 aromatic heterocycles. The molecule has 104 valence electrons. The largest absolute Gasteiger partial charge is 0.507 e. The normalized spacial score (nSPS) is 10.2. The fourth-order valence-electron chi connectivity index (χ4n) is 1.74. The van der Waals surface area contributed by atoms with Gasteiger partial charge in [0.15, 0.2) is 0 Å². The number of rotatable bonds is 6. The molecule has 2 N–H and O–H groups in total. The number of nitrogens with one attached hydrogen (secondary N) is 1. The smallest absolute Gasteiger partial charge is 0.129 e. The molecule has 0 saturated heterocycles. The van der Waals surface area contributed by atoms with E-state index in [1.54, 1.807) is 17.8 Å². The van der Waals surface area contributed by atoms with Crippen molar-refractivity contribution in [2.24, 2.45) is 0 Å². The van der Waals surface area contributed by atoms with E-state index in [9.17, 15) is 5.11 Å². The minimum Gasteiger partial charge on any atom is -0.507 e. The van der Waals surface area contributed by atoms with Crippen LogP contribution in [-0.4, -0.2) is 10.9 Å². The second-order valence-electron chi connectivity index (χ2n) is 4.24. The number of anilines is 1. The summed E-state index contributed by atoms with van der Waals surface area (Å²) in [4.78, 5) is 1.21. The van der Waals surface area contributed by atoms with Gasteiger partial charge in [0.05, 0.1) is 4.47 Å². The Hall–Kier alpha value is -1.39. The van der Waals surface area contributed by atoms with Crippen LogP contribution in [0, 0.1) is 0 Å². The number of phenolic OH excluding ortho intramolecular Hbond substituents is 1. The van der Waals surface area contributed by atoms with E-state index in [0.29, 0.717) is 11.0 Å². The number of aromatic hydroxyl groups is 1. The molecule has 2 nitrogen and oxygen atoms in total. The molecule has 0 unspecified atom stereocenters. The monoisotopic (exact) mass is 349 g/mol. The molecule has 0 bridgehead atoms. The fraction of sp³-hybridized carbons (Fsp3) is 0.125. The lowest BCUT2D eigenvalue weighted by molar-refractivity contribution is 0.471. The Morgan fingerprint density at radius 3 is 2.80 bits per heavy atom. The molecule has 0 aliphatic rings. The zero-order valence-corrected chi connectivity index (χ0v) is 13.4. The maximum absolute atomic E-state index is 9.49. The van der Waals surface area contributed by atoms with Crippen molar-refractivity contribution in [1.29, 1.82) is 0 Å². The van der Waals surface area contributed by atoms with E-state index in [2.05, 4.69) is 40.0 Å². The molecular formula is C16H16BrNOS. The predicted molar refractivity (Wildman–Crippen MR) is 90.5 cm³/mol. The second kappa shape index (κ2) is 7.41. The van der Waals surface area contributed by atoms with Gasteiger partial charge in [-0.15, -0.1) is 18.3 Å². The van der Waals surface area contributed by atoms with Crippen molar-refractivity contribution in [3.8, 4) is 5.75 Å². The standard InChI is InChI=1S/C16H16BrNOS/c1-2-9-20-16-6-4-3-5-14(16)18-11-12-7-8-15(19)13(17)10-12/h2-8,10,18-19H,1,9,11H2. The quantitative estimate of drug-likeness (QED) is 0.565. The molecule has 0 aliphatic heterocycles. The summed E-state index contributed by atoms with van der Waals surface area (Å²) >= 11 is 5.09. The van der Waals surface area contributed by atoms with Gasteiger partial charge in [-0.25, -0.2) is 0 Å². The molecule has 20 heavy (non-hydrogen) atoms. The summed E-state index contributed by atoms with van der Waals surface area (Å²) in [6.07, 6.45) is 1.90. The summed E-state index contributed by atoms with van der Waals surface area (Å²) in [6.45, 7) is 4.46. The van der Waals surface area contributed by atoms with Gasteiger partial charge < -0.3 is 10.4 Å². The third-order valence-electron chi connectivity index (χ3n) is 2.74. The highest BCUT2D eigenvalue weighted by molar-refractivity contribution is 9.10. The first-order chi connectivity index (χ1) is 9.70. The summed E-state index contributed by atoms with van der Waals surface area (Å²) in [5.41, 5.74) is 2.22. The molecule has 2 aromatic carbocycles. The van der Waals surface area contributed by atoms with E-state index < -0.39 is 0 Å². The molecule has 0 atom stereocenters. The lowest BCUT2D eigenvalue weighted by atomic mass is 10.2. The van der Waals surface area contributed by atoms with E-state index >= 15 is 0 Å². The molecule has 0 saturated carbocycles. The fourth-order valence-corrected chi connectivity index (χ4v) is 2.94. The van der Waals surface area contributed by atoms with Crippen molar-refractivity contribution in [2.45, 2.75) is 11.4 Å². The molecule has 2 aromatic rings. The minimum atomic E-state index is 0.260. The molecule has 0 radical (unpaired) electrons. The number of halogens is 1. The zero-order chi connectivity index (χ0) is 14.4. The van der Waals surface area contributed by atoms with Crippen LogP contribution < -0.4 is 5.32 Å². The van der Waals surface area contributed by atoms with E-state index in [4.69, 9.17) is 0 Å². The molecule has 0 aliphatic carbocycles. The van der Waals surface area contributed by atoms with Crippen molar-refractivity contribution in [3.05, 3.63) is 65.2 Å². The Labute approximate surface area is 132 Å². The van der Waals surface area contributed by atoms with Crippen molar-refractivity contribution in [3.63, 3.8) is 0 Å². The molecule has 2 rings (SSSR count). The average Bonchev–Trinajstić information content (AvgIpc) is 2.47. The Bertz CT molecular complexity index is 601. The summed E-state index contributed by atoms with van der Waals surface area (Å²) in [7, 11) is 0. The van der Waals surface area contributed by atoms with Gasteiger partial charge in [-0.05, 0) is 45.8 Å². The maximum Gasteiger partial charge on any atom is 0.129 e. The SMILES string of the molecule is C=CCSc1ccccc1NCc1ccc(O)c(Br)c1. The summed E-state index contributed by atoms with van der Waals surface area (Å²) in [5, 5.41) is 12.9. The second-order valence-corrected chi connectivity index (χ2v) is 6.15. The van der Waals surface area contributed by atoms with E-state index in [1.165, 1.54) is 4.90 Å². The van der Waals surface area contributed by atoms with Crippen LogP contribution in [-0.2, 0) is 6.54 Å². The van der Waals surface area contributed by atoms with Crippen LogP contribution in [0.2, 0.25) is 0 Å². The molecule has 0 spiro atoms. The number of thioether (sulfide) groups is 1. The van der Waals surface area contributed by atoms with Gasteiger partial charge in [-0.2, -0.15) is 0 Å². The van der Waals surface area contributed by atoms with Gasteiger partial charge in [0.1, 0.15) is 5.75 Å². The van der Waals surface area contributed by atoms with Crippen molar-refractivity contribution in [1.82, 2.24) is 0 Å². The van der Waals surface area contributed by atoms with Crippen LogP contribution in [0.4, 0.5) is 5.69 Å². The van der Waals surface area contributed by atoms with E-state index in [-0.39, 0.29) is 5.75 Å². The number of hydrogen-bond acceptors (Lipinski definition) is 3. The number of phenols is 1. The number of para-hydroxylation sites is 1. The lowest BCUT2D eigenvalue weighted by Crippen LogP contribution is -2.00. The highest BCUT2D eigenvalue weighted by atomic mass is 79.9. The van der Waals surface area contributed by atoms with Gasteiger partial charge in [0.25, 0.3) is 0 Å². The summed E-state index contributed by atoms with van der Waals surface area (Å²) in [6, 6.07) is 13.7. The molecular weight excluding hydrogens is 334 g/mol. The van der Waals surface area contributed by atoms with Crippen molar-refractivity contribution in [2.75, 3.05) is 11.1 Å². The van der Waals surface area contributed by atoms with Gasteiger partial charge in [0, 0.05) is 22.9 Å². The minimum absolute atomic E-state index is 0.260. The summed E-state index contributed by atoms with van der Waals surface area (Å²) in [5.74, 6) is 1.15. The zero-order valence-electron chi connectivity index (χ0n) is 11.0. The maximum atomic E-state index is 9.49. The average molecular weight is 350 g/mol. The van der Waals surface area contributed by atoms with E-state index in [1.807, 2.05) is 30.3 Å². The third-order valence-corrected chi connectivity index (χ3v) is 4.44. The van der Waals surface area contributed by atoms with Gasteiger partial charge in [-0.1, -0.05) is 24.3 Å². The molecule has 0 fully saturated rings. The van der Waals surface area contributed by atoms with Crippen LogP contribution in [0.5, 0.6) is 5.75 Å². The van der Waals surface area contributed by atoms with Gasteiger partial charge in [-0.3, -0.25) is 0 Å². The lowest BCUT2D eigenvalue weighted by Gasteiger charge is -2.11. The molecule has 0 amide bonds. The predicted octanol–water partition coefficient (Wildman–Crippen LogP) is 5.04. The summed E-state index contributed by atoms with van der Waals surface area (Å²) < 4.78 is 0.714. The van der Waals surface area contributed by atoms with Crippen molar-refractivity contribution < 1.29 is 5.11 Å². The molecule has 0 heterocycles. The van der Waals surface area contributed by atoms with Crippen LogP contribution in [0.25, 0.3) is 0 Å². The van der Waals surface area contributed by atoms with Crippen LogP contribution >= 0.6 is 27.7 Å². The van der Waals surface area contributed by atoms with Crippen LogP contribution in [0.1, 0.15) is 5.56 Å². The Balaban J connectivity index is 2.06. The van der Waals surface area contributed by atoms with Gasteiger partial charge in [0.2, 0.25) is 0 Å². The van der Waals surface area contributed by atoms with Crippen LogP contribution in [0.15, 0.2) is 64.5 Å². The highest BCUT2D eigenvalue weighted by Crippen LogP contribution is 2.28. The van der Waals surface area contributed by atoms with E-state index in [0.717, 1.165) is 17.0 Å². The van der Waals surface area contributed by atoms with Crippen LogP contribution in [0.3, 0.4) is 0 Å². The first-order valence-electron chi connectivity index (χ1n) is 6.24.